The summed E-state index contributed by atoms with van der Waals surface area (Å²) in [6, 6.07) is 2.00. The van der Waals surface area contributed by atoms with Crippen LogP contribution in [0.25, 0.3) is 0 Å². The molecule has 0 aliphatic heterocycles. The van der Waals surface area contributed by atoms with Gasteiger partial charge in [0.1, 0.15) is 19.2 Å². The van der Waals surface area contributed by atoms with Crippen molar-refractivity contribution in [2.75, 3.05) is 0 Å². The standard InChI is InChI=1S/C10H19BN2O2Si/c1-10(2,13-11-7-14)8-6-9(15-12-8)16(3,4)5/h6-7,11,13H,1-5H3. The van der Waals surface area contributed by atoms with Crippen LogP contribution in [0.2, 0.25) is 19.6 Å². The van der Waals surface area contributed by atoms with Crippen molar-refractivity contribution in [3.8, 4) is 0 Å². The number of rotatable bonds is 5. The van der Waals surface area contributed by atoms with Crippen molar-refractivity contribution in [2.24, 2.45) is 0 Å². The molecule has 0 atom stereocenters. The highest BCUT2D eigenvalue weighted by atomic mass is 28.3. The summed E-state index contributed by atoms with van der Waals surface area (Å²) in [6.07, 6.45) is 0.848. The molecule has 0 aromatic carbocycles. The fourth-order valence-electron chi connectivity index (χ4n) is 1.31. The largest absolute Gasteiger partial charge is 0.366 e. The lowest BCUT2D eigenvalue weighted by Gasteiger charge is -2.22. The van der Waals surface area contributed by atoms with Crippen LogP contribution < -0.4 is 10.6 Å². The molecule has 4 nitrogen and oxygen atoms in total. The van der Waals surface area contributed by atoms with Crippen LogP contribution in [0.1, 0.15) is 19.5 Å². The molecular formula is C10H19BN2O2Si. The molecule has 1 heterocycles. The van der Waals surface area contributed by atoms with Gasteiger partial charge >= 0.3 is 0 Å². The lowest BCUT2D eigenvalue weighted by atomic mass is 9.89. The molecule has 1 N–H and O–H groups in total. The highest BCUT2D eigenvalue weighted by molar-refractivity contribution is 6.87. The quantitative estimate of drug-likeness (QED) is 0.602. The van der Waals surface area contributed by atoms with Crippen LogP contribution in [0.5, 0.6) is 0 Å². The van der Waals surface area contributed by atoms with E-state index in [4.69, 9.17) is 4.52 Å². The van der Waals surface area contributed by atoms with Gasteiger partial charge in [0.15, 0.2) is 0 Å². The maximum absolute atomic E-state index is 10.3. The molecular weight excluding hydrogens is 219 g/mol. The van der Waals surface area contributed by atoms with Crippen LogP contribution in [0.15, 0.2) is 10.6 Å². The summed E-state index contributed by atoms with van der Waals surface area (Å²) in [7, 11) is -1.13. The highest BCUT2D eigenvalue weighted by Gasteiger charge is 2.28. The topological polar surface area (TPSA) is 55.1 Å². The van der Waals surface area contributed by atoms with E-state index in [1.54, 1.807) is 0 Å². The number of carbonyl (C=O) groups excluding carboxylic acids is 1. The molecule has 16 heavy (non-hydrogen) atoms. The average molecular weight is 238 g/mol. The first-order chi connectivity index (χ1) is 7.27. The molecule has 0 saturated heterocycles. The fraction of sp³-hybridized carbons (Fsp3) is 0.600. The van der Waals surface area contributed by atoms with Crippen molar-refractivity contribution < 1.29 is 9.32 Å². The van der Waals surface area contributed by atoms with Crippen LogP contribution >= 0.6 is 0 Å². The molecule has 0 bridgehead atoms. The average Bonchev–Trinajstić information content (AvgIpc) is 2.63. The van der Waals surface area contributed by atoms with Crippen LogP contribution in [0.4, 0.5) is 0 Å². The summed E-state index contributed by atoms with van der Waals surface area (Å²) in [5, 5.41) is 8.19. The Kier molecular flexibility index (Phi) is 3.75. The van der Waals surface area contributed by atoms with Crippen LogP contribution in [-0.2, 0) is 10.3 Å². The number of hydrogen-bond acceptors (Lipinski definition) is 4. The Morgan fingerprint density at radius 1 is 1.50 bits per heavy atom. The van der Waals surface area contributed by atoms with Gasteiger partial charge in [-0.05, 0) is 13.8 Å². The smallest absolute Gasteiger partial charge is 0.279 e. The van der Waals surface area contributed by atoms with E-state index in [9.17, 15) is 4.79 Å². The third kappa shape index (κ3) is 3.06. The van der Waals surface area contributed by atoms with Gasteiger partial charge < -0.3 is 14.5 Å². The Morgan fingerprint density at radius 3 is 2.56 bits per heavy atom. The number of nitrogens with zero attached hydrogens (tertiary/aromatic N) is 1. The first-order valence-electron chi connectivity index (χ1n) is 5.44. The molecule has 88 valence electrons. The van der Waals surface area contributed by atoms with E-state index in [1.807, 2.05) is 19.9 Å². The molecule has 0 spiro atoms. The summed E-state index contributed by atoms with van der Waals surface area (Å²) in [5.41, 5.74) is 0.522. The van der Waals surface area contributed by atoms with Gasteiger partial charge in [0.25, 0.3) is 7.41 Å². The molecule has 0 amide bonds. The Hall–Kier alpha value is -0.878. The number of hydrogen-bond donors (Lipinski definition) is 1. The van der Waals surface area contributed by atoms with E-state index in [2.05, 4.69) is 30.0 Å². The molecule has 6 heteroatoms. The highest BCUT2D eigenvalue weighted by Crippen LogP contribution is 2.17. The predicted octanol–water partition coefficient (Wildman–Crippen LogP) is 0.586. The molecule has 0 saturated carbocycles. The molecule has 0 fully saturated rings. The predicted molar refractivity (Wildman–Crippen MR) is 69.5 cm³/mol. The van der Waals surface area contributed by atoms with E-state index in [0.29, 0.717) is 7.41 Å². The molecule has 1 aromatic heterocycles. The first-order valence-corrected chi connectivity index (χ1v) is 8.94. The zero-order chi connectivity index (χ0) is 12.4. The van der Waals surface area contributed by atoms with Gasteiger partial charge in [0.05, 0.1) is 6.19 Å². The third-order valence-electron chi connectivity index (χ3n) is 2.52. The molecule has 1 rings (SSSR count). The minimum atomic E-state index is -1.45. The normalized spacial score (nSPS) is 12.6. The van der Waals surface area contributed by atoms with Gasteiger partial charge in [-0.2, -0.15) is 0 Å². The summed E-state index contributed by atoms with van der Waals surface area (Å²) >= 11 is 0. The van der Waals surface area contributed by atoms with Crippen molar-refractivity contribution in [3.05, 3.63) is 11.8 Å². The van der Waals surface area contributed by atoms with Crippen molar-refractivity contribution in [3.63, 3.8) is 0 Å². The van der Waals surface area contributed by atoms with Crippen molar-refractivity contribution in [2.45, 2.75) is 39.0 Å². The Morgan fingerprint density at radius 2 is 2.12 bits per heavy atom. The Bertz CT molecular complexity index is 371. The van der Waals surface area contributed by atoms with E-state index in [0.717, 1.165) is 17.3 Å². The number of carbonyl (C=O) groups is 1. The fourth-order valence-corrected chi connectivity index (χ4v) is 2.20. The second kappa shape index (κ2) is 4.55. The Labute approximate surface area is 98.1 Å². The van der Waals surface area contributed by atoms with E-state index in [-0.39, 0.29) is 5.54 Å². The zero-order valence-electron chi connectivity index (χ0n) is 10.6. The number of nitrogens with one attached hydrogen (secondary N) is 1. The van der Waals surface area contributed by atoms with Crippen molar-refractivity contribution in [1.82, 2.24) is 10.4 Å². The molecule has 1 aromatic rings. The second-order valence-corrected chi connectivity index (χ2v) is 10.5. The Balaban J connectivity index is 2.88. The van der Waals surface area contributed by atoms with Crippen molar-refractivity contribution >= 4 is 27.1 Å². The van der Waals surface area contributed by atoms with E-state index in [1.165, 1.54) is 0 Å². The van der Waals surface area contributed by atoms with Gasteiger partial charge in [0.2, 0.25) is 0 Å². The minimum absolute atomic E-state index is 0.322. The lowest BCUT2D eigenvalue weighted by molar-refractivity contribution is 0.392. The molecule has 0 radical (unpaired) electrons. The van der Waals surface area contributed by atoms with Gasteiger partial charge in [-0.3, -0.25) is 0 Å². The van der Waals surface area contributed by atoms with Gasteiger partial charge in [-0.25, -0.2) is 0 Å². The summed E-state index contributed by atoms with van der Waals surface area (Å²) in [5.74, 6) is 0. The minimum Gasteiger partial charge on any atom is -0.366 e. The van der Waals surface area contributed by atoms with Gasteiger partial charge in [0, 0.05) is 11.6 Å². The first kappa shape index (κ1) is 13.2. The summed E-state index contributed by atoms with van der Waals surface area (Å²) in [4.78, 5) is 10.3. The van der Waals surface area contributed by atoms with Crippen LogP contribution in [0, 0.1) is 0 Å². The van der Waals surface area contributed by atoms with Gasteiger partial charge in [-0.15, -0.1) is 0 Å². The lowest BCUT2D eigenvalue weighted by Crippen LogP contribution is -2.41. The van der Waals surface area contributed by atoms with Crippen LogP contribution in [-0.4, -0.2) is 26.8 Å². The SMILES string of the molecule is CC(C)(NBC=O)c1cc([Si](C)(C)C)on1. The van der Waals surface area contributed by atoms with E-state index < -0.39 is 8.07 Å². The van der Waals surface area contributed by atoms with Gasteiger partial charge in [-0.1, -0.05) is 24.8 Å². The maximum Gasteiger partial charge on any atom is 0.279 e. The third-order valence-corrected chi connectivity index (χ3v) is 4.23. The zero-order valence-corrected chi connectivity index (χ0v) is 11.6. The van der Waals surface area contributed by atoms with Crippen LogP contribution in [0.3, 0.4) is 0 Å². The van der Waals surface area contributed by atoms with Crippen molar-refractivity contribution in [1.29, 1.82) is 0 Å². The summed E-state index contributed by atoms with van der Waals surface area (Å²) < 4.78 is 5.38. The second-order valence-electron chi connectivity index (χ2n) is 5.50. The molecule has 0 aliphatic carbocycles. The molecule has 0 aliphatic rings. The summed E-state index contributed by atoms with van der Waals surface area (Å²) in [6.45, 7) is 10.6. The monoisotopic (exact) mass is 238 g/mol. The number of aromatic nitrogens is 1. The maximum atomic E-state index is 10.3. The van der Waals surface area contributed by atoms with E-state index >= 15 is 0 Å². The molecule has 0 unspecified atom stereocenters.